The number of aromatic nitrogens is 4. The van der Waals surface area contributed by atoms with Gasteiger partial charge in [-0.2, -0.15) is 10.1 Å². The predicted molar refractivity (Wildman–Crippen MR) is 83.8 cm³/mol. The van der Waals surface area contributed by atoms with Crippen LogP contribution in [0.5, 0.6) is 0 Å². The molecule has 0 amide bonds. The van der Waals surface area contributed by atoms with Gasteiger partial charge in [-0.3, -0.25) is 10.00 Å². The van der Waals surface area contributed by atoms with Crippen LogP contribution in [-0.2, 0) is 13.0 Å². The Balaban J connectivity index is 1.37. The van der Waals surface area contributed by atoms with Crippen LogP contribution in [-0.4, -0.2) is 49.5 Å². The Kier molecular flexibility index (Phi) is 3.91. The van der Waals surface area contributed by atoms with Gasteiger partial charge >= 0.3 is 0 Å². The van der Waals surface area contributed by atoms with Crippen LogP contribution in [0.25, 0.3) is 11.6 Å². The molecule has 3 aromatic heterocycles. The van der Waals surface area contributed by atoms with E-state index in [4.69, 9.17) is 8.94 Å². The van der Waals surface area contributed by atoms with Crippen molar-refractivity contribution in [2.75, 3.05) is 13.1 Å². The van der Waals surface area contributed by atoms with E-state index < -0.39 is 0 Å². The molecule has 4 heterocycles. The monoisotopic (exact) mass is 329 g/mol. The molecule has 1 aliphatic rings. The minimum Gasteiger partial charge on any atom is -0.461 e. The van der Waals surface area contributed by atoms with E-state index in [1.54, 1.807) is 18.4 Å². The van der Waals surface area contributed by atoms with Crippen LogP contribution in [0, 0.1) is 12.8 Å². The van der Waals surface area contributed by atoms with E-state index in [9.17, 15) is 5.11 Å². The molecule has 0 saturated carbocycles. The highest BCUT2D eigenvalue weighted by molar-refractivity contribution is 5.44. The summed E-state index contributed by atoms with van der Waals surface area (Å²) in [5.41, 5.74) is 2.02. The van der Waals surface area contributed by atoms with Gasteiger partial charge in [-0.25, -0.2) is 0 Å². The molecule has 0 bridgehead atoms. The standard InChI is InChI=1S/C16H19N5O3/c1-10-5-12(19-18-10)6-11-7-21(8-13(11)22)9-15-17-16(20-24-15)14-3-2-4-23-14/h2-5,11,13,22H,6-9H2,1H3,(H,18,19)/t11-,13+/m1/s1. The zero-order valence-electron chi connectivity index (χ0n) is 13.3. The second-order valence-corrected chi connectivity index (χ2v) is 6.26. The molecule has 8 nitrogen and oxygen atoms in total. The topological polar surface area (TPSA) is 104 Å². The lowest BCUT2D eigenvalue weighted by Gasteiger charge is -2.12. The molecule has 0 spiro atoms. The zero-order valence-corrected chi connectivity index (χ0v) is 13.3. The molecule has 1 fully saturated rings. The van der Waals surface area contributed by atoms with Crippen molar-refractivity contribution >= 4 is 0 Å². The van der Waals surface area contributed by atoms with Gasteiger partial charge in [0.05, 0.1) is 24.6 Å². The Labute approximate surface area is 138 Å². The SMILES string of the molecule is Cc1cc(C[C@@H]2CN(Cc3nc(-c4ccco4)no3)C[C@@H]2O)n[nH]1. The number of nitrogens with zero attached hydrogens (tertiary/aromatic N) is 4. The molecule has 0 radical (unpaired) electrons. The zero-order chi connectivity index (χ0) is 16.5. The largest absolute Gasteiger partial charge is 0.461 e. The van der Waals surface area contributed by atoms with Crippen molar-refractivity contribution in [1.29, 1.82) is 0 Å². The van der Waals surface area contributed by atoms with Gasteiger partial charge in [-0.1, -0.05) is 5.16 Å². The molecule has 0 unspecified atom stereocenters. The van der Waals surface area contributed by atoms with Gasteiger partial charge < -0.3 is 14.0 Å². The maximum Gasteiger partial charge on any atom is 0.241 e. The minimum absolute atomic E-state index is 0.153. The van der Waals surface area contributed by atoms with E-state index in [-0.39, 0.29) is 12.0 Å². The molecule has 1 aliphatic heterocycles. The fraction of sp³-hybridized carbons (Fsp3) is 0.438. The van der Waals surface area contributed by atoms with Crippen LogP contribution in [0.4, 0.5) is 0 Å². The Morgan fingerprint density at radius 1 is 1.42 bits per heavy atom. The number of likely N-dealkylation sites (tertiary alicyclic amines) is 1. The lowest BCUT2D eigenvalue weighted by Crippen LogP contribution is -2.21. The number of β-amino-alcohol motifs (C(OH)–C–C–N with tert-alkyl or cyclic N) is 1. The molecular weight excluding hydrogens is 310 g/mol. The first-order valence-corrected chi connectivity index (χ1v) is 7.95. The van der Waals surface area contributed by atoms with E-state index in [0.29, 0.717) is 30.6 Å². The maximum atomic E-state index is 10.3. The molecule has 1 saturated heterocycles. The number of hydrogen-bond donors (Lipinski definition) is 2. The molecule has 4 rings (SSSR count). The molecule has 0 aromatic carbocycles. The third-order valence-corrected chi connectivity index (χ3v) is 4.28. The number of furan rings is 1. The summed E-state index contributed by atoms with van der Waals surface area (Å²) in [5.74, 6) is 1.70. The van der Waals surface area contributed by atoms with Crippen LogP contribution < -0.4 is 0 Å². The van der Waals surface area contributed by atoms with Crippen molar-refractivity contribution in [2.24, 2.45) is 5.92 Å². The van der Waals surface area contributed by atoms with Crippen LogP contribution in [0.2, 0.25) is 0 Å². The Bertz CT molecular complexity index is 794. The van der Waals surface area contributed by atoms with E-state index >= 15 is 0 Å². The number of nitrogens with one attached hydrogen (secondary N) is 1. The van der Waals surface area contributed by atoms with E-state index in [1.807, 2.05) is 13.0 Å². The minimum atomic E-state index is -0.380. The van der Waals surface area contributed by atoms with Crippen molar-refractivity contribution in [3.8, 4) is 11.6 Å². The van der Waals surface area contributed by atoms with Crippen LogP contribution in [0.1, 0.15) is 17.3 Å². The van der Waals surface area contributed by atoms with Crippen molar-refractivity contribution in [3.05, 3.63) is 41.7 Å². The summed E-state index contributed by atoms with van der Waals surface area (Å²) < 4.78 is 10.5. The third-order valence-electron chi connectivity index (χ3n) is 4.28. The number of aromatic amines is 1. The summed E-state index contributed by atoms with van der Waals surface area (Å²) in [5, 5.41) is 21.4. The first-order chi connectivity index (χ1) is 11.7. The first-order valence-electron chi connectivity index (χ1n) is 7.95. The summed E-state index contributed by atoms with van der Waals surface area (Å²) in [6.07, 6.45) is 1.95. The van der Waals surface area contributed by atoms with Gasteiger partial charge in [0.1, 0.15) is 0 Å². The van der Waals surface area contributed by atoms with Gasteiger partial charge in [0, 0.05) is 24.7 Å². The van der Waals surface area contributed by atoms with Gasteiger partial charge in [-0.15, -0.1) is 0 Å². The molecule has 2 N–H and O–H groups in total. The van der Waals surface area contributed by atoms with E-state index in [2.05, 4.69) is 25.2 Å². The molecule has 2 atom stereocenters. The fourth-order valence-corrected chi connectivity index (χ4v) is 3.14. The number of aryl methyl sites for hydroxylation is 1. The summed E-state index contributed by atoms with van der Waals surface area (Å²) in [6.45, 7) is 3.85. The summed E-state index contributed by atoms with van der Waals surface area (Å²) in [6, 6.07) is 5.59. The van der Waals surface area contributed by atoms with Gasteiger partial charge in [-0.05, 0) is 31.5 Å². The molecule has 24 heavy (non-hydrogen) atoms. The second kappa shape index (κ2) is 6.21. The normalized spacial score (nSPS) is 21.6. The lowest BCUT2D eigenvalue weighted by atomic mass is 10.0. The van der Waals surface area contributed by atoms with Gasteiger partial charge in [0.2, 0.25) is 11.7 Å². The van der Waals surface area contributed by atoms with Crippen molar-refractivity contribution in [1.82, 2.24) is 25.2 Å². The smallest absolute Gasteiger partial charge is 0.241 e. The molecular formula is C16H19N5O3. The van der Waals surface area contributed by atoms with E-state index in [0.717, 1.165) is 24.4 Å². The Morgan fingerprint density at radius 2 is 2.33 bits per heavy atom. The highest BCUT2D eigenvalue weighted by Crippen LogP contribution is 2.23. The fourth-order valence-electron chi connectivity index (χ4n) is 3.14. The molecule has 126 valence electrons. The summed E-state index contributed by atoms with van der Waals surface area (Å²) >= 11 is 0. The average molecular weight is 329 g/mol. The number of rotatable bonds is 5. The third kappa shape index (κ3) is 3.10. The van der Waals surface area contributed by atoms with Crippen molar-refractivity contribution in [3.63, 3.8) is 0 Å². The Hall–Kier alpha value is -2.45. The molecule has 0 aliphatic carbocycles. The first kappa shape index (κ1) is 15.1. The maximum absolute atomic E-state index is 10.3. The van der Waals surface area contributed by atoms with Crippen molar-refractivity contribution < 1.29 is 14.0 Å². The number of aliphatic hydroxyl groups excluding tert-OH is 1. The van der Waals surface area contributed by atoms with Crippen LogP contribution in [0.15, 0.2) is 33.4 Å². The van der Waals surface area contributed by atoms with Crippen LogP contribution in [0.3, 0.4) is 0 Å². The predicted octanol–water partition coefficient (Wildman–Crippen LogP) is 1.40. The number of aliphatic hydroxyl groups is 1. The Morgan fingerprint density at radius 3 is 3.08 bits per heavy atom. The van der Waals surface area contributed by atoms with E-state index in [1.165, 1.54) is 0 Å². The highest BCUT2D eigenvalue weighted by Gasteiger charge is 2.32. The molecule has 8 heteroatoms. The average Bonchev–Trinajstić information content (AvgIpc) is 3.29. The summed E-state index contributed by atoms with van der Waals surface area (Å²) in [7, 11) is 0. The second-order valence-electron chi connectivity index (χ2n) is 6.26. The highest BCUT2D eigenvalue weighted by atomic mass is 16.5. The number of H-pyrrole nitrogens is 1. The number of hydrogen-bond acceptors (Lipinski definition) is 7. The quantitative estimate of drug-likeness (QED) is 0.729. The van der Waals surface area contributed by atoms with Gasteiger partial charge in [0.25, 0.3) is 0 Å². The summed E-state index contributed by atoms with van der Waals surface area (Å²) in [4.78, 5) is 6.46. The van der Waals surface area contributed by atoms with Crippen molar-refractivity contribution in [2.45, 2.75) is 26.0 Å². The van der Waals surface area contributed by atoms with Gasteiger partial charge in [0.15, 0.2) is 5.76 Å². The van der Waals surface area contributed by atoms with Crippen LogP contribution >= 0.6 is 0 Å². The molecule has 3 aromatic rings. The lowest BCUT2D eigenvalue weighted by molar-refractivity contribution is 0.139.